The van der Waals surface area contributed by atoms with Crippen LogP contribution in [0.15, 0.2) is 12.7 Å². The van der Waals surface area contributed by atoms with Gasteiger partial charge in [0, 0.05) is 11.5 Å². The molecular formula is C16H27N5O5P2S2+2. The van der Waals surface area contributed by atoms with E-state index in [0.717, 1.165) is 11.5 Å². The van der Waals surface area contributed by atoms with Crippen LogP contribution < -0.4 is 5.73 Å². The molecule has 2 aromatic heterocycles. The molecule has 2 aromatic rings. The normalized spacial score (nSPS) is 26.6. The molecule has 0 aliphatic carbocycles. The van der Waals surface area contributed by atoms with Crippen molar-refractivity contribution in [1.82, 2.24) is 19.5 Å². The summed E-state index contributed by atoms with van der Waals surface area (Å²) in [6.07, 6.45) is 3.02. The number of anilines is 1. The van der Waals surface area contributed by atoms with Crippen LogP contribution in [0.3, 0.4) is 0 Å². The number of hydrogen-bond acceptors (Lipinski definition) is 11. The number of aromatic nitrogens is 4. The van der Waals surface area contributed by atoms with Gasteiger partial charge in [-0.2, -0.15) is 0 Å². The van der Waals surface area contributed by atoms with Gasteiger partial charge in [-0.15, -0.1) is 0 Å². The molecule has 14 heteroatoms. The van der Waals surface area contributed by atoms with Gasteiger partial charge in [-0.3, -0.25) is 0 Å². The molecule has 0 amide bonds. The highest BCUT2D eigenvalue weighted by atomic mass is 32.2. The average molecular weight is 496 g/mol. The van der Waals surface area contributed by atoms with Gasteiger partial charge in [0.1, 0.15) is 25.2 Å². The van der Waals surface area contributed by atoms with Crippen LogP contribution in [-0.4, -0.2) is 78.6 Å². The van der Waals surface area contributed by atoms with Crippen LogP contribution in [0.4, 0.5) is 5.82 Å². The summed E-state index contributed by atoms with van der Waals surface area (Å²) < 4.78 is 35.1. The molecule has 0 radical (unpaired) electrons. The Morgan fingerprint density at radius 2 is 1.73 bits per heavy atom. The number of nitrogens with two attached hydrogens (primary N) is 1. The standard InChI is InChI=1S/C10H13N5O2PS.C5H10O3PS.CH4/c1-18(16)10-17-6(3-19-10)2-15-5-14-7-8(11)12-4-13-9(7)15;1-9(7)5-8-4(2-6)3-10-5;/h4-6,10H,2-3H2,1H3,(H2,11,12,13);4-6H,2-3H2,1H3;1H4/q2*+1;. The second-order valence-electron chi connectivity index (χ2n) is 6.40. The molecule has 4 rings (SSSR count). The van der Waals surface area contributed by atoms with Gasteiger partial charge >= 0.3 is 26.0 Å². The topological polar surface area (TPSA) is 142 Å². The van der Waals surface area contributed by atoms with Crippen LogP contribution in [0.25, 0.3) is 11.2 Å². The predicted octanol–water partition coefficient (Wildman–Crippen LogP) is 2.77. The van der Waals surface area contributed by atoms with Gasteiger partial charge < -0.3 is 24.9 Å². The Bertz CT molecular complexity index is 889. The quantitative estimate of drug-likeness (QED) is 0.591. The lowest BCUT2D eigenvalue weighted by Gasteiger charge is -2.09. The van der Waals surface area contributed by atoms with Crippen molar-refractivity contribution in [3.63, 3.8) is 0 Å². The van der Waals surface area contributed by atoms with Crippen LogP contribution >= 0.6 is 39.1 Å². The molecule has 0 saturated carbocycles. The van der Waals surface area contributed by atoms with Crippen molar-refractivity contribution in [2.45, 2.75) is 36.5 Å². The number of nitrogen functional groups attached to an aromatic ring is 1. The number of ether oxygens (including phenoxy) is 2. The van der Waals surface area contributed by atoms with Gasteiger partial charge in [0.25, 0.3) is 0 Å². The minimum Gasteiger partial charge on any atom is -0.394 e. The molecule has 0 aromatic carbocycles. The number of aliphatic hydroxyl groups is 1. The summed E-state index contributed by atoms with van der Waals surface area (Å²) in [5.74, 6) is 1.95. The zero-order chi connectivity index (χ0) is 21.0. The molecule has 2 fully saturated rings. The van der Waals surface area contributed by atoms with Gasteiger partial charge in [0.05, 0.1) is 31.7 Å². The zero-order valence-electron chi connectivity index (χ0n) is 15.9. The lowest BCUT2D eigenvalue weighted by Crippen LogP contribution is -2.18. The Hall–Kier alpha value is -0.870. The van der Waals surface area contributed by atoms with Crippen molar-refractivity contribution in [1.29, 1.82) is 0 Å². The molecule has 2 aliphatic rings. The van der Waals surface area contributed by atoms with E-state index in [4.69, 9.17) is 20.3 Å². The van der Waals surface area contributed by atoms with E-state index in [1.165, 1.54) is 18.1 Å². The first-order valence-corrected chi connectivity index (χ1v) is 14.4. The number of fused-ring (bicyclic) bond motifs is 1. The SMILES string of the molecule is C.C[P+](=O)C1OC(CO)CS1.C[P+](=O)C1OC(Cn2cnc3c(N)ncnc32)CS1. The number of hydrogen-bond donors (Lipinski definition) is 2. The van der Waals surface area contributed by atoms with Crippen LogP contribution in [0.1, 0.15) is 7.43 Å². The molecule has 3 N–H and O–H groups in total. The van der Waals surface area contributed by atoms with E-state index in [2.05, 4.69) is 15.0 Å². The summed E-state index contributed by atoms with van der Waals surface area (Å²) in [6.45, 7) is 4.00. The minimum absolute atomic E-state index is 0. The Morgan fingerprint density at radius 1 is 1.13 bits per heavy atom. The van der Waals surface area contributed by atoms with Crippen molar-refractivity contribution in [3.8, 4) is 0 Å². The monoisotopic (exact) mass is 495 g/mol. The third-order valence-electron chi connectivity index (χ3n) is 4.09. The van der Waals surface area contributed by atoms with Crippen molar-refractivity contribution in [3.05, 3.63) is 12.7 Å². The van der Waals surface area contributed by atoms with E-state index >= 15 is 0 Å². The fourth-order valence-corrected chi connectivity index (χ4v) is 7.17. The Balaban J connectivity index is 0.000000249. The fourth-order valence-electron chi connectivity index (χ4n) is 2.69. The van der Waals surface area contributed by atoms with Gasteiger partial charge in [-0.05, 0) is 0 Å². The lowest BCUT2D eigenvalue weighted by molar-refractivity contribution is 0.0542. The Morgan fingerprint density at radius 3 is 2.27 bits per heavy atom. The number of aliphatic hydroxyl groups excluding tert-OH is 1. The number of imidazole rings is 1. The molecule has 6 unspecified atom stereocenters. The molecule has 30 heavy (non-hydrogen) atoms. The molecule has 0 spiro atoms. The van der Waals surface area contributed by atoms with Crippen molar-refractivity contribution >= 4 is 56.1 Å². The molecule has 2 saturated heterocycles. The second-order valence-corrected chi connectivity index (χ2v) is 12.4. The van der Waals surface area contributed by atoms with Gasteiger partial charge in [0.15, 0.2) is 11.5 Å². The molecular weight excluding hydrogens is 468 g/mol. The first-order chi connectivity index (χ1) is 13.9. The summed E-state index contributed by atoms with van der Waals surface area (Å²) >= 11 is 3.11. The van der Waals surface area contributed by atoms with Crippen molar-refractivity contribution in [2.75, 3.05) is 37.2 Å². The number of thioether (sulfide) groups is 2. The maximum atomic E-state index is 11.4. The predicted molar refractivity (Wildman–Crippen MR) is 123 cm³/mol. The van der Waals surface area contributed by atoms with E-state index in [1.807, 2.05) is 4.57 Å². The van der Waals surface area contributed by atoms with Crippen LogP contribution in [0, 0.1) is 0 Å². The third-order valence-corrected chi connectivity index (χ3v) is 10.1. The summed E-state index contributed by atoms with van der Waals surface area (Å²) in [7, 11) is -2.57. The van der Waals surface area contributed by atoms with Gasteiger partial charge in [-0.25, -0.2) is 15.0 Å². The molecule has 166 valence electrons. The number of rotatable bonds is 5. The largest absolute Gasteiger partial charge is 0.394 e. The van der Waals surface area contributed by atoms with Crippen LogP contribution in [-0.2, 0) is 25.1 Å². The highest BCUT2D eigenvalue weighted by Gasteiger charge is 2.37. The highest BCUT2D eigenvalue weighted by Crippen LogP contribution is 2.41. The van der Waals surface area contributed by atoms with E-state index in [0.29, 0.717) is 23.5 Å². The smallest absolute Gasteiger partial charge is 0.378 e. The summed E-state index contributed by atoms with van der Waals surface area (Å²) in [5, 5.41) is 8.25. The maximum Gasteiger partial charge on any atom is 0.378 e. The van der Waals surface area contributed by atoms with E-state index in [9.17, 15) is 9.13 Å². The third kappa shape index (κ3) is 6.32. The van der Waals surface area contributed by atoms with Crippen LogP contribution in [0.2, 0.25) is 0 Å². The fraction of sp³-hybridized carbons (Fsp3) is 0.688. The van der Waals surface area contributed by atoms with E-state index < -0.39 is 15.6 Å². The molecule has 4 heterocycles. The molecule has 2 aliphatic heterocycles. The maximum absolute atomic E-state index is 11.4. The summed E-state index contributed by atoms with van der Waals surface area (Å²) in [6, 6.07) is 0. The van der Waals surface area contributed by atoms with E-state index in [-0.39, 0.29) is 36.6 Å². The summed E-state index contributed by atoms with van der Waals surface area (Å²) in [5.41, 5.74) is 7.04. The highest BCUT2D eigenvalue weighted by molar-refractivity contribution is 8.04. The molecule has 0 bridgehead atoms. The van der Waals surface area contributed by atoms with Crippen molar-refractivity contribution < 1.29 is 23.7 Å². The van der Waals surface area contributed by atoms with Crippen LogP contribution in [0.5, 0.6) is 0 Å². The summed E-state index contributed by atoms with van der Waals surface area (Å²) in [4.78, 5) is 12.3. The van der Waals surface area contributed by atoms with Gasteiger partial charge in [-0.1, -0.05) is 40.1 Å². The molecule has 6 atom stereocenters. The van der Waals surface area contributed by atoms with Crippen molar-refractivity contribution in [2.24, 2.45) is 0 Å². The average Bonchev–Trinajstić information content (AvgIpc) is 3.43. The molecule has 10 nitrogen and oxygen atoms in total. The first kappa shape index (κ1) is 25.4. The van der Waals surface area contributed by atoms with E-state index in [1.54, 1.807) is 31.4 Å². The Kier molecular flexibility index (Phi) is 9.87. The number of nitrogens with zero attached hydrogens (tertiary/aromatic N) is 4. The van der Waals surface area contributed by atoms with Gasteiger partial charge in [0.2, 0.25) is 0 Å². The Labute approximate surface area is 185 Å². The second kappa shape index (κ2) is 11.7. The minimum atomic E-state index is -1.31. The lowest BCUT2D eigenvalue weighted by atomic mass is 10.4. The zero-order valence-corrected chi connectivity index (χ0v) is 19.4. The first-order valence-electron chi connectivity index (χ1n) is 8.75.